The van der Waals surface area contributed by atoms with Crippen molar-refractivity contribution in [1.82, 2.24) is 4.72 Å². The van der Waals surface area contributed by atoms with Crippen molar-refractivity contribution >= 4 is 12.8 Å². The Balaban J connectivity index is 0.000000292. The second kappa shape index (κ2) is 7.44. The molecule has 0 amide bonds. The molecule has 0 aromatic heterocycles. The third kappa shape index (κ3) is 5.76. The third-order valence-corrected chi connectivity index (χ3v) is 0.979. The molecule has 0 aliphatic rings. The highest BCUT2D eigenvalue weighted by Crippen LogP contribution is 2.05. The highest BCUT2D eigenvalue weighted by Gasteiger charge is 1.80. The maximum atomic E-state index is 4.91. The van der Waals surface area contributed by atoms with Crippen LogP contribution in [0.25, 0.3) is 0 Å². The summed E-state index contributed by atoms with van der Waals surface area (Å²) in [5, 5.41) is 0. The first-order valence-electron chi connectivity index (χ1n) is 3.25. The van der Waals surface area contributed by atoms with E-state index in [1.807, 2.05) is 30.3 Å². The Morgan fingerprint density at radius 3 is 2.00 bits per heavy atom. The van der Waals surface area contributed by atoms with Gasteiger partial charge in [0.15, 0.2) is 0 Å². The number of methoxy groups -OCH3 is 1. The molecule has 1 aromatic rings. The summed E-state index contributed by atoms with van der Waals surface area (Å²) in [6.45, 7) is 0. The van der Waals surface area contributed by atoms with Gasteiger partial charge in [0.25, 0.3) is 0 Å². The Bertz CT molecular complexity index is 167. The number of para-hydroxylation sites is 1. The van der Waals surface area contributed by atoms with Gasteiger partial charge in [-0.15, -0.1) is 0 Å². The van der Waals surface area contributed by atoms with Crippen LogP contribution in [0.4, 0.5) is 0 Å². The minimum Gasteiger partial charge on any atom is -0.497 e. The summed E-state index contributed by atoms with van der Waals surface area (Å²) in [6.07, 6.45) is 0. The topological polar surface area (TPSA) is 21.3 Å². The Morgan fingerprint density at radius 1 is 1.27 bits per heavy atom. The Hall–Kier alpha value is -0.670. The van der Waals surface area contributed by atoms with Gasteiger partial charge in [-0.1, -0.05) is 31.0 Å². The van der Waals surface area contributed by atoms with Crippen LogP contribution in [0.5, 0.6) is 5.75 Å². The number of hydrogen-bond acceptors (Lipinski definition) is 3. The van der Waals surface area contributed by atoms with Crippen LogP contribution < -0.4 is 9.46 Å². The van der Waals surface area contributed by atoms with Crippen LogP contribution in [-0.2, 0) is 0 Å². The van der Waals surface area contributed by atoms with Crippen LogP contribution in [0, 0.1) is 0 Å². The molecule has 0 spiro atoms. The van der Waals surface area contributed by atoms with E-state index < -0.39 is 0 Å². The molecule has 11 heavy (non-hydrogen) atoms. The van der Waals surface area contributed by atoms with Crippen molar-refractivity contribution in [3.8, 4) is 5.75 Å². The van der Waals surface area contributed by atoms with Gasteiger partial charge >= 0.3 is 0 Å². The molecule has 62 valence electrons. The van der Waals surface area contributed by atoms with Crippen molar-refractivity contribution in [3.05, 3.63) is 30.3 Å². The second-order valence-electron chi connectivity index (χ2n) is 1.74. The predicted octanol–water partition coefficient (Wildman–Crippen LogP) is 1.75. The van der Waals surface area contributed by atoms with Gasteiger partial charge in [0.05, 0.1) is 7.11 Å². The Labute approximate surface area is 73.1 Å². The Kier molecular flexibility index (Phi) is 6.98. The predicted molar refractivity (Wildman–Crippen MR) is 51.0 cm³/mol. The van der Waals surface area contributed by atoms with Crippen LogP contribution in [-0.4, -0.2) is 14.2 Å². The summed E-state index contributed by atoms with van der Waals surface area (Å²) in [4.78, 5) is 0. The molecular weight excluding hydrogens is 158 g/mol. The lowest BCUT2D eigenvalue weighted by molar-refractivity contribution is 0.415. The van der Waals surface area contributed by atoms with Gasteiger partial charge in [-0.25, -0.2) is 0 Å². The molecule has 0 heterocycles. The molecule has 0 saturated heterocycles. The number of ether oxygens (including phenoxy) is 1. The molecule has 1 rings (SSSR count). The fourth-order valence-electron chi connectivity index (χ4n) is 0.557. The van der Waals surface area contributed by atoms with E-state index in [9.17, 15) is 0 Å². The first-order valence-corrected chi connectivity index (χ1v) is 3.69. The number of nitrogens with one attached hydrogen (secondary N) is 1. The molecule has 0 radical (unpaired) electrons. The highest BCUT2D eigenvalue weighted by molar-refractivity contribution is 7.78. The maximum Gasteiger partial charge on any atom is 0.118 e. The van der Waals surface area contributed by atoms with E-state index in [0.29, 0.717) is 0 Å². The molecule has 0 atom stereocenters. The number of benzene rings is 1. The van der Waals surface area contributed by atoms with Crippen LogP contribution in [0.3, 0.4) is 0 Å². The van der Waals surface area contributed by atoms with Crippen molar-refractivity contribution < 1.29 is 4.74 Å². The average Bonchev–Trinajstić information content (AvgIpc) is 2.08. The Morgan fingerprint density at radius 2 is 1.73 bits per heavy atom. The fourth-order valence-corrected chi connectivity index (χ4v) is 0.557. The van der Waals surface area contributed by atoms with Gasteiger partial charge in [-0.05, 0) is 19.2 Å². The summed E-state index contributed by atoms with van der Waals surface area (Å²) < 4.78 is 7.36. The molecule has 1 aromatic carbocycles. The number of hydrogen-bond donors (Lipinski definition) is 2. The number of rotatable bonds is 1. The summed E-state index contributed by atoms with van der Waals surface area (Å²) >= 11 is 3.54. The zero-order chi connectivity index (χ0) is 8.53. The van der Waals surface area contributed by atoms with Gasteiger partial charge in [0, 0.05) is 0 Å². The van der Waals surface area contributed by atoms with Crippen LogP contribution in [0.15, 0.2) is 30.3 Å². The molecule has 1 N–H and O–H groups in total. The van der Waals surface area contributed by atoms with Crippen LogP contribution >= 0.6 is 12.8 Å². The molecule has 0 fully saturated rings. The van der Waals surface area contributed by atoms with E-state index in [1.54, 1.807) is 14.2 Å². The smallest absolute Gasteiger partial charge is 0.118 e. The van der Waals surface area contributed by atoms with Crippen molar-refractivity contribution in [2.24, 2.45) is 0 Å². The fraction of sp³-hybridized carbons (Fsp3) is 0.250. The molecule has 0 aliphatic carbocycles. The van der Waals surface area contributed by atoms with E-state index in [0.717, 1.165) is 5.75 Å². The average molecular weight is 171 g/mol. The summed E-state index contributed by atoms with van der Waals surface area (Å²) in [5.74, 6) is 0.910. The van der Waals surface area contributed by atoms with E-state index in [1.165, 1.54) is 0 Å². The standard InChI is InChI=1S/C7H8O.CH5NS/c1-8-7-5-3-2-4-6-7;1-2-3/h2-6H,1H3;2-3H,1H3. The van der Waals surface area contributed by atoms with Crippen LogP contribution in [0.1, 0.15) is 0 Å². The SMILES string of the molecule is CNS.COc1ccccc1. The minimum absolute atomic E-state index is 0.910. The molecule has 0 saturated carbocycles. The first kappa shape index (κ1) is 10.3. The zero-order valence-electron chi connectivity index (χ0n) is 6.74. The van der Waals surface area contributed by atoms with Crippen molar-refractivity contribution in [2.45, 2.75) is 0 Å². The quantitative estimate of drug-likeness (QED) is 0.628. The molecule has 0 unspecified atom stereocenters. The van der Waals surface area contributed by atoms with Crippen LogP contribution in [0.2, 0.25) is 0 Å². The van der Waals surface area contributed by atoms with E-state index >= 15 is 0 Å². The molecular formula is C8H13NOS. The first-order chi connectivity index (χ1) is 5.35. The summed E-state index contributed by atoms with van der Waals surface area (Å²) in [5.41, 5.74) is 0. The lowest BCUT2D eigenvalue weighted by atomic mass is 10.3. The van der Waals surface area contributed by atoms with E-state index in [2.05, 4.69) is 17.5 Å². The third-order valence-electron chi connectivity index (χ3n) is 0.979. The van der Waals surface area contributed by atoms with Crippen molar-refractivity contribution in [1.29, 1.82) is 0 Å². The van der Waals surface area contributed by atoms with Crippen molar-refractivity contribution in [3.63, 3.8) is 0 Å². The van der Waals surface area contributed by atoms with Crippen molar-refractivity contribution in [2.75, 3.05) is 14.2 Å². The molecule has 0 aliphatic heterocycles. The van der Waals surface area contributed by atoms with Gasteiger partial charge in [-0.3, -0.25) is 4.72 Å². The lowest BCUT2D eigenvalue weighted by Crippen LogP contribution is -1.78. The van der Waals surface area contributed by atoms with E-state index in [-0.39, 0.29) is 0 Å². The van der Waals surface area contributed by atoms with Gasteiger partial charge in [0.1, 0.15) is 5.75 Å². The molecule has 0 bridgehead atoms. The highest BCUT2D eigenvalue weighted by atomic mass is 32.1. The zero-order valence-corrected chi connectivity index (χ0v) is 7.64. The normalized spacial score (nSPS) is 7.91. The van der Waals surface area contributed by atoms with Gasteiger partial charge < -0.3 is 4.74 Å². The summed E-state index contributed by atoms with van der Waals surface area (Å²) in [7, 11) is 3.40. The summed E-state index contributed by atoms with van der Waals surface area (Å²) in [6, 6.07) is 9.68. The maximum absolute atomic E-state index is 4.91. The monoisotopic (exact) mass is 171 g/mol. The van der Waals surface area contributed by atoms with E-state index in [4.69, 9.17) is 4.74 Å². The minimum atomic E-state index is 0.910. The van der Waals surface area contributed by atoms with Gasteiger partial charge in [0.2, 0.25) is 0 Å². The van der Waals surface area contributed by atoms with Gasteiger partial charge in [-0.2, -0.15) is 0 Å². The number of thiol groups is 1. The largest absolute Gasteiger partial charge is 0.497 e. The molecule has 3 heteroatoms. The second-order valence-corrected chi connectivity index (χ2v) is 2.19. The molecule has 2 nitrogen and oxygen atoms in total. The lowest BCUT2D eigenvalue weighted by Gasteiger charge is -1.93.